The second-order valence-electron chi connectivity index (χ2n) is 3.66. The average Bonchev–Trinajstić information content (AvgIpc) is 2.38. The number of rotatable bonds is 8. The summed E-state index contributed by atoms with van der Waals surface area (Å²) in [5, 5.41) is 10.8. The molecule has 1 aromatic carbocycles. The highest BCUT2D eigenvalue weighted by atomic mass is 32.2. The van der Waals surface area contributed by atoms with Gasteiger partial charge in [0.05, 0.1) is 11.5 Å². The molecular formula is C12H18N2O3S. The Morgan fingerprint density at radius 3 is 2.89 bits per heavy atom. The van der Waals surface area contributed by atoms with Crippen molar-refractivity contribution < 1.29 is 9.66 Å². The quantitative estimate of drug-likeness (QED) is 0.446. The molecule has 0 fully saturated rings. The third kappa shape index (κ3) is 4.54. The number of thioether (sulfide) groups is 1. The van der Waals surface area contributed by atoms with Gasteiger partial charge in [0.15, 0.2) is 5.75 Å². The third-order valence-corrected chi connectivity index (χ3v) is 3.34. The Kier molecular flexibility index (Phi) is 6.53. The van der Waals surface area contributed by atoms with E-state index in [1.54, 1.807) is 12.1 Å². The summed E-state index contributed by atoms with van der Waals surface area (Å²) in [5.41, 5.74) is 6.34. The number of hydrogen-bond acceptors (Lipinski definition) is 5. The van der Waals surface area contributed by atoms with Crippen molar-refractivity contribution in [2.75, 3.05) is 18.1 Å². The maximum atomic E-state index is 10.8. The standard InChI is InChI=1S/C12H18N2O3S/c1-2-18-7-3-6-17-12-8-10(9-13)4-5-11(12)14(15)16/h4-5,8H,2-3,6-7,9,13H2,1H3. The van der Waals surface area contributed by atoms with Gasteiger partial charge in [-0.3, -0.25) is 10.1 Å². The summed E-state index contributed by atoms with van der Waals surface area (Å²) < 4.78 is 5.48. The van der Waals surface area contributed by atoms with Crippen LogP contribution in [0.4, 0.5) is 5.69 Å². The summed E-state index contributed by atoms with van der Waals surface area (Å²) in [4.78, 5) is 10.4. The van der Waals surface area contributed by atoms with Gasteiger partial charge in [-0.15, -0.1) is 0 Å². The summed E-state index contributed by atoms with van der Waals surface area (Å²) in [6.45, 7) is 2.93. The van der Waals surface area contributed by atoms with Crippen molar-refractivity contribution in [2.24, 2.45) is 5.73 Å². The Bertz CT molecular complexity index is 399. The summed E-state index contributed by atoms with van der Waals surface area (Å²) in [6.07, 6.45) is 0.877. The number of benzene rings is 1. The molecule has 0 atom stereocenters. The first kappa shape index (κ1) is 14.8. The molecule has 0 heterocycles. The number of nitrogens with zero attached hydrogens (tertiary/aromatic N) is 1. The molecule has 0 aromatic heterocycles. The van der Waals surface area contributed by atoms with Crippen LogP contribution in [0.15, 0.2) is 18.2 Å². The average molecular weight is 270 g/mol. The summed E-state index contributed by atoms with van der Waals surface area (Å²) in [7, 11) is 0. The molecule has 0 saturated heterocycles. The van der Waals surface area contributed by atoms with Gasteiger partial charge in [-0.2, -0.15) is 11.8 Å². The van der Waals surface area contributed by atoms with Gasteiger partial charge < -0.3 is 10.5 Å². The Balaban J connectivity index is 2.63. The van der Waals surface area contributed by atoms with E-state index >= 15 is 0 Å². The molecule has 1 aromatic rings. The number of hydrogen-bond donors (Lipinski definition) is 1. The molecule has 0 saturated carbocycles. The second kappa shape index (κ2) is 7.94. The smallest absolute Gasteiger partial charge is 0.310 e. The summed E-state index contributed by atoms with van der Waals surface area (Å²) >= 11 is 1.83. The van der Waals surface area contributed by atoms with Crippen LogP contribution in [-0.2, 0) is 6.54 Å². The van der Waals surface area contributed by atoms with E-state index < -0.39 is 4.92 Å². The number of nitrogens with two attached hydrogens (primary N) is 1. The van der Waals surface area contributed by atoms with Crippen LogP contribution < -0.4 is 10.5 Å². The molecule has 0 spiro atoms. The predicted octanol–water partition coefficient (Wildman–Crippen LogP) is 2.58. The molecule has 0 unspecified atom stereocenters. The number of nitro benzene ring substituents is 1. The summed E-state index contributed by atoms with van der Waals surface area (Å²) in [6, 6.07) is 4.74. The van der Waals surface area contributed by atoms with E-state index in [4.69, 9.17) is 10.5 Å². The Morgan fingerprint density at radius 1 is 1.50 bits per heavy atom. The van der Waals surface area contributed by atoms with Gasteiger partial charge in [-0.25, -0.2) is 0 Å². The highest BCUT2D eigenvalue weighted by molar-refractivity contribution is 7.99. The lowest BCUT2D eigenvalue weighted by Crippen LogP contribution is -2.04. The van der Waals surface area contributed by atoms with Crippen LogP contribution >= 0.6 is 11.8 Å². The van der Waals surface area contributed by atoms with Gasteiger partial charge >= 0.3 is 5.69 Å². The first-order valence-corrected chi connectivity index (χ1v) is 7.02. The molecule has 2 N–H and O–H groups in total. The highest BCUT2D eigenvalue weighted by Crippen LogP contribution is 2.28. The fourth-order valence-corrected chi connectivity index (χ4v) is 2.05. The van der Waals surface area contributed by atoms with Crippen LogP contribution in [0.5, 0.6) is 5.75 Å². The predicted molar refractivity (Wildman–Crippen MR) is 74.1 cm³/mol. The number of ether oxygens (including phenoxy) is 1. The van der Waals surface area contributed by atoms with Gasteiger partial charge in [-0.1, -0.05) is 13.0 Å². The fraction of sp³-hybridized carbons (Fsp3) is 0.500. The van der Waals surface area contributed by atoms with Crippen molar-refractivity contribution in [3.05, 3.63) is 33.9 Å². The minimum atomic E-state index is -0.434. The van der Waals surface area contributed by atoms with Crippen LogP contribution in [0.25, 0.3) is 0 Å². The Labute approximate surface area is 111 Å². The zero-order chi connectivity index (χ0) is 13.4. The van der Waals surface area contributed by atoms with Gasteiger partial charge in [0.1, 0.15) is 0 Å². The lowest BCUT2D eigenvalue weighted by molar-refractivity contribution is -0.385. The normalized spacial score (nSPS) is 10.3. The molecule has 0 radical (unpaired) electrons. The molecule has 5 nitrogen and oxygen atoms in total. The lowest BCUT2D eigenvalue weighted by atomic mass is 10.2. The first-order chi connectivity index (χ1) is 8.69. The molecule has 0 aliphatic carbocycles. The van der Waals surface area contributed by atoms with Gasteiger partial charge in [0, 0.05) is 12.6 Å². The minimum absolute atomic E-state index is 0.00431. The van der Waals surface area contributed by atoms with Crippen molar-refractivity contribution >= 4 is 17.4 Å². The molecular weight excluding hydrogens is 252 g/mol. The van der Waals surface area contributed by atoms with Gasteiger partial charge in [0.25, 0.3) is 0 Å². The fourth-order valence-electron chi connectivity index (χ4n) is 1.44. The SMILES string of the molecule is CCSCCCOc1cc(CN)ccc1[N+](=O)[O-]. The van der Waals surface area contributed by atoms with Gasteiger partial charge in [-0.05, 0) is 29.6 Å². The molecule has 100 valence electrons. The molecule has 18 heavy (non-hydrogen) atoms. The zero-order valence-corrected chi connectivity index (χ0v) is 11.2. The van der Waals surface area contributed by atoms with Crippen molar-refractivity contribution in [2.45, 2.75) is 19.9 Å². The van der Waals surface area contributed by atoms with E-state index in [0.717, 1.165) is 23.5 Å². The minimum Gasteiger partial charge on any atom is -0.487 e. The van der Waals surface area contributed by atoms with Crippen molar-refractivity contribution in [3.63, 3.8) is 0 Å². The molecule has 0 aliphatic heterocycles. The summed E-state index contributed by atoms with van der Waals surface area (Å²) in [5.74, 6) is 2.38. The van der Waals surface area contributed by atoms with Crippen molar-refractivity contribution in [1.82, 2.24) is 0 Å². The van der Waals surface area contributed by atoms with E-state index in [9.17, 15) is 10.1 Å². The molecule has 0 bridgehead atoms. The molecule has 0 aliphatic rings. The van der Waals surface area contributed by atoms with Crippen LogP contribution in [-0.4, -0.2) is 23.0 Å². The number of nitro groups is 1. The molecule has 6 heteroatoms. The van der Waals surface area contributed by atoms with Crippen molar-refractivity contribution in [3.8, 4) is 5.75 Å². The van der Waals surface area contributed by atoms with Crippen molar-refractivity contribution in [1.29, 1.82) is 0 Å². The van der Waals surface area contributed by atoms with Crippen LogP contribution in [0.3, 0.4) is 0 Å². The van der Waals surface area contributed by atoms with E-state index in [1.165, 1.54) is 6.07 Å². The second-order valence-corrected chi connectivity index (χ2v) is 5.06. The Hall–Kier alpha value is -1.27. The van der Waals surface area contributed by atoms with E-state index in [1.807, 2.05) is 11.8 Å². The van der Waals surface area contributed by atoms with E-state index in [0.29, 0.717) is 18.9 Å². The van der Waals surface area contributed by atoms with Gasteiger partial charge in [0.2, 0.25) is 0 Å². The first-order valence-electron chi connectivity index (χ1n) is 5.87. The topological polar surface area (TPSA) is 78.4 Å². The zero-order valence-electron chi connectivity index (χ0n) is 10.4. The van der Waals surface area contributed by atoms with Crippen LogP contribution in [0.1, 0.15) is 18.9 Å². The maximum Gasteiger partial charge on any atom is 0.310 e. The highest BCUT2D eigenvalue weighted by Gasteiger charge is 2.15. The van der Waals surface area contributed by atoms with Crippen LogP contribution in [0.2, 0.25) is 0 Å². The maximum absolute atomic E-state index is 10.8. The van der Waals surface area contributed by atoms with E-state index in [2.05, 4.69) is 6.92 Å². The Morgan fingerprint density at radius 2 is 2.28 bits per heavy atom. The third-order valence-electron chi connectivity index (χ3n) is 2.35. The lowest BCUT2D eigenvalue weighted by Gasteiger charge is -2.08. The molecule has 0 amide bonds. The molecule has 1 rings (SSSR count). The largest absolute Gasteiger partial charge is 0.487 e. The van der Waals surface area contributed by atoms with E-state index in [-0.39, 0.29) is 5.69 Å². The van der Waals surface area contributed by atoms with Crippen LogP contribution in [0, 0.1) is 10.1 Å². The monoisotopic (exact) mass is 270 g/mol.